The third-order valence-electron chi connectivity index (χ3n) is 5.34. The summed E-state index contributed by atoms with van der Waals surface area (Å²) in [6.07, 6.45) is 0.405. The average molecular weight is 405 g/mol. The van der Waals surface area contributed by atoms with Crippen LogP contribution in [-0.4, -0.2) is 76.8 Å². The quantitative estimate of drug-likeness (QED) is 0.688. The van der Waals surface area contributed by atoms with Gasteiger partial charge in [0.25, 0.3) is 17.7 Å². The molecule has 156 valence electrons. The number of piperazine rings is 1. The maximum Gasteiger partial charge on any atom is 0.344 e. The first kappa shape index (κ1) is 20.7. The van der Waals surface area contributed by atoms with E-state index >= 15 is 0 Å². The van der Waals surface area contributed by atoms with Gasteiger partial charge in [-0.3, -0.25) is 24.7 Å². The molecule has 1 atom stereocenters. The zero-order valence-electron chi connectivity index (χ0n) is 16.4. The van der Waals surface area contributed by atoms with E-state index in [1.807, 2.05) is 0 Å². The lowest BCUT2D eigenvalue weighted by Gasteiger charge is -2.34. The number of urea groups is 1. The normalized spacial score (nSPS) is 22.6. The molecule has 0 aromatic heterocycles. The Morgan fingerprint density at radius 3 is 2.41 bits per heavy atom. The Hall–Kier alpha value is -3.01. The minimum atomic E-state index is -1.02. The zero-order chi connectivity index (χ0) is 21.2. The lowest BCUT2D eigenvalue weighted by molar-refractivity contribution is -0.139. The minimum Gasteiger partial charge on any atom is -0.336 e. The van der Waals surface area contributed by atoms with Crippen LogP contribution in [0.4, 0.5) is 9.18 Å². The first-order valence-corrected chi connectivity index (χ1v) is 9.47. The van der Waals surface area contributed by atoms with Crippen LogP contribution >= 0.6 is 0 Å². The fourth-order valence-corrected chi connectivity index (χ4v) is 3.30. The number of hydrazine groups is 1. The van der Waals surface area contributed by atoms with Crippen molar-refractivity contribution in [2.75, 3.05) is 32.7 Å². The van der Waals surface area contributed by atoms with Crippen LogP contribution in [-0.2, 0) is 9.59 Å². The molecule has 0 bridgehead atoms. The number of imide groups is 1. The molecule has 1 aromatic rings. The Kier molecular flexibility index (Phi) is 5.83. The first-order valence-electron chi connectivity index (χ1n) is 9.47. The van der Waals surface area contributed by atoms with E-state index in [-0.39, 0.29) is 18.0 Å². The Morgan fingerprint density at radius 1 is 1.17 bits per heavy atom. The molecule has 0 aliphatic carbocycles. The average Bonchev–Trinajstić information content (AvgIpc) is 2.92. The van der Waals surface area contributed by atoms with Crippen molar-refractivity contribution in [1.82, 2.24) is 25.6 Å². The summed E-state index contributed by atoms with van der Waals surface area (Å²) in [5, 5.41) is 3.27. The molecule has 3 rings (SSSR count). The van der Waals surface area contributed by atoms with Gasteiger partial charge in [0.2, 0.25) is 0 Å². The summed E-state index contributed by atoms with van der Waals surface area (Å²) in [5.74, 6) is -1.95. The Morgan fingerprint density at radius 2 is 1.83 bits per heavy atom. The molecule has 9 nitrogen and oxygen atoms in total. The van der Waals surface area contributed by atoms with Gasteiger partial charge in [-0.05, 0) is 25.5 Å². The van der Waals surface area contributed by atoms with Crippen LogP contribution in [0.25, 0.3) is 0 Å². The molecular weight excluding hydrogens is 381 g/mol. The summed E-state index contributed by atoms with van der Waals surface area (Å²) in [6, 6.07) is 5.16. The van der Waals surface area contributed by atoms with Crippen molar-refractivity contribution >= 4 is 23.8 Å². The van der Waals surface area contributed by atoms with Crippen LogP contribution in [0.1, 0.15) is 30.6 Å². The van der Waals surface area contributed by atoms with Gasteiger partial charge in [0.1, 0.15) is 11.4 Å². The molecule has 0 saturated carbocycles. The maximum atomic E-state index is 13.8. The molecule has 29 heavy (non-hydrogen) atoms. The monoisotopic (exact) mass is 405 g/mol. The predicted octanol–water partition coefficient (Wildman–Crippen LogP) is 0.335. The number of carbonyl (C=O) groups is 4. The second-order valence-electron chi connectivity index (χ2n) is 7.34. The number of hydrogen-bond acceptors (Lipinski definition) is 5. The van der Waals surface area contributed by atoms with Crippen molar-refractivity contribution in [2.24, 2.45) is 0 Å². The van der Waals surface area contributed by atoms with Gasteiger partial charge in [-0.1, -0.05) is 19.1 Å². The molecule has 2 fully saturated rings. The standard InChI is InChI=1S/C19H24FN5O4/c1-3-19(2)17(28)25(18(29)21-19)22-15(26)12-23-8-10-24(11-9-23)16(27)13-6-4-5-7-14(13)20/h4-7H,3,8-12H2,1-2H3,(H,21,29)(H,22,26). The third kappa shape index (κ3) is 4.21. The SMILES string of the molecule is CCC1(C)NC(=O)N(NC(=O)CN2CCN(C(=O)c3ccccc3F)CC2)C1=O. The second-order valence-corrected chi connectivity index (χ2v) is 7.34. The van der Waals surface area contributed by atoms with E-state index in [9.17, 15) is 23.6 Å². The lowest BCUT2D eigenvalue weighted by Crippen LogP contribution is -2.54. The molecule has 0 spiro atoms. The van der Waals surface area contributed by atoms with Gasteiger partial charge >= 0.3 is 6.03 Å². The highest BCUT2D eigenvalue weighted by Crippen LogP contribution is 2.19. The fraction of sp³-hybridized carbons (Fsp3) is 0.474. The topological polar surface area (TPSA) is 102 Å². The summed E-state index contributed by atoms with van der Waals surface area (Å²) in [4.78, 5) is 52.3. The number of benzene rings is 1. The third-order valence-corrected chi connectivity index (χ3v) is 5.34. The Balaban J connectivity index is 1.50. The summed E-state index contributed by atoms with van der Waals surface area (Å²) < 4.78 is 13.8. The summed E-state index contributed by atoms with van der Waals surface area (Å²) in [6.45, 7) is 4.87. The summed E-state index contributed by atoms with van der Waals surface area (Å²) in [7, 11) is 0. The van der Waals surface area contributed by atoms with Gasteiger partial charge in [-0.2, -0.15) is 5.01 Å². The largest absolute Gasteiger partial charge is 0.344 e. The number of hydrogen-bond donors (Lipinski definition) is 2. The van der Waals surface area contributed by atoms with Crippen LogP contribution in [0.5, 0.6) is 0 Å². The second kappa shape index (κ2) is 8.16. The number of carbonyl (C=O) groups excluding carboxylic acids is 4. The molecule has 1 unspecified atom stereocenters. The first-order chi connectivity index (χ1) is 13.7. The van der Waals surface area contributed by atoms with Crippen molar-refractivity contribution in [3.63, 3.8) is 0 Å². The van der Waals surface area contributed by atoms with E-state index in [4.69, 9.17) is 0 Å². The lowest BCUT2D eigenvalue weighted by atomic mass is 10.00. The molecule has 2 N–H and O–H groups in total. The van der Waals surface area contributed by atoms with E-state index in [0.717, 1.165) is 0 Å². The van der Waals surface area contributed by atoms with Gasteiger partial charge in [0.05, 0.1) is 12.1 Å². The molecule has 0 radical (unpaired) electrons. The van der Waals surface area contributed by atoms with Crippen molar-refractivity contribution in [1.29, 1.82) is 0 Å². The molecule has 10 heteroatoms. The Bertz CT molecular complexity index is 840. The van der Waals surface area contributed by atoms with Gasteiger partial charge in [0.15, 0.2) is 0 Å². The summed E-state index contributed by atoms with van der Waals surface area (Å²) in [5.41, 5.74) is 1.34. The molecule has 2 saturated heterocycles. The van der Waals surface area contributed by atoms with E-state index in [0.29, 0.717) is 37.6 Å². The maximum absolute atomic E-state index is 13.8. The van der Waals surface area contributed by atoms with Crippen molar-refractivity contribution in [3.05, 3.63) is 35.6 Å². The van der Waals surface area contributed by atoms with E-state index < -0.39 is 29.2 Å². The molecule has 2 heterocycles. The molecule has 5 amide bonds. The van der Waals surface area contributed by atoms with Crippen LogP contribution in [0.3, 0.4) is 0 Å². The highest BCUT2D eigenvalue weighted by molar-refractivity contribution is 6.07. The van der Waals surface area contributed by atoms with Crippen LogP contribution in [0.2, 0.25) is 0 Å². The predicted molar refractivity (Wildman–Crippen MR) is 101 cm³/mol. The number of halogens is 1. The highest BCUT2D eigenvalue weighted by atomic mass is 19.1. The Labute approximate surface area is 167 Å². The van der Waals surface area contributed by atoms with Crippen molar-refractivity contribution in [3.8, 4) is 0 Å². The number of rotatable bonds is 5. The van der Waals surface area contributed by atoms with E-state index in [1.165, 1.54) is 23.1 Å². The highest BCUT2D eigenvalue weighted by Gasteiger charge is 2.47. The van der Waals surface area contributed by atoms with Crippen molar-refractivity contribution < 1.29 is 23.6 Å². The van der Waals surface area contributed by atoms with Crippen molar-refractivity contribution in [2.45, 2.75) is 25.8 Å². The molecule has 2 aliphatic heterocycles. The number of amides is 5. The smallest absolute Gasteiger partial charge is 0.336 e. The minimum absolute atomic E-state index is 0.0243. The molecule has 1 aromatic carbocycles. The van der Waals surface area contributed by atoms with E-state index in [1.54, 1.807) is 24.8 Å². The number of nitrogens with one attached hydrogen (secondary N) is 2. The van der Waals surface area contributed by atoms with Gasteiger partial charge in [0, 0.05) is 26.2 Å². The zero-order valence-corrected chi connectivity index (χ0v) is 16.4. The molecular formula is C19H24FN5O4. The van der Waals surface area contributed by atoms with Crippen LogP contribution in [0, 0.1) is 5.82 Å². The fourth-order valence-electron chi connectivity index (χ4n) is 3.30. The van der Waals surface area contributed by atoms with Gasteiger partial charge < -0.3 is 10.2 Å². The summed E-state index contributed by atoms with van der Waals surface area (Å²) >= 11 is 0. The van der Waals surface area contributed by atoms with Crippen LogP contribution in [0.15, 0.2) is 24.3 Å². The van der Waals surface area contributed by atoms with E-state index in [2.05, 4.69) is 10.7 Å². The van der Waals surface area contributed by atoms with Crippen LogP contribution < -0.4 is 10.7 Å². The molecule has 2 aliphatic rings. The number of nitrogens with zero attached hydrogens (tertiary/aromatic N) is 3. The van der Waals surface area contributed by atoms with Gasteiger partial charge in [-0.25, -0.2) is 9.18 Å². The van der Waals surface area contributed by atoms with Gasteiger partial charge in [-0.15, -0.1) is 0 Å².